The Bertz CT molecular complexity index is 567. The number of hydrogen-bond acceptors (Lipinski definition) is 2. The van der Waals surface area contributed by atoms with E-state index in [1.165, 1.54) is 77.0 Å². The molecule has 0 N–H and O–H groups in total. The second-order valence-electron chi connectivity index (χ2n) is 7.98. The van der Waals surface area contributed by atoms with Crippen LogP contribution in [0.1, 0.15) is 87.8 Å². The van der Waals surface area contributed by atoms with E-state index in [0.717, 1.165) is 11.8 Å². The highest BCUT2D eigenvalue weighted by atomic mass is 32.1. The fourth-order valence-corrected chi connectivity index (χ4v) is 6.55. The molecule has 24 heavy (non-hydrogen) atoms. The summed E-state index contributed by atoms with van der Waals surface area (Å²) in [5.41, 5.74) is 0. The highest BCUT2D eigenvalue weighted by molar-refractivity contribution is 7.27. The summed E-state index contributed by atoms with van der Waals surface area (Å²) < 4.78 is 3.10. The molecule has 1 fully saturated rings. The van der Waals surface area contributed by atoms with Gasteiger partial charge in [-0.25, -0.2) is 0 Å². The summed E-state index contributed by atoms with van der Waals surface area (Å²) in [6.45, 7) is 4.71. The van der Waals surface area contributed by atoms with Crippen molar-refractivity contribution in [3.63, 3.8) is 0 Å². The lowest BCUT2D eigenvalue weighted by Crippen LogP contribution is -2.12. The molecule has 0 aliphatic heterocycles. The summed E-state index contributed by atoms with van der Waals surface area (Å²) >= 11 is 4.12. The number of thiophene rings is 2. The zero-order valence-corrected chi connectivity index (χ0v) is 17.2. The monoisotopic (exact) mass is 362 g/mol. The Morgan fingerprint density at radius 3 is 2.12 bits per heavy atom. The molecule has 0 aromatic carbocycles. The first-order valence-corrected chi connectivity index (χ1v) is 11.9. The van der Waals surface area contributed by atoms with Crippen LogP contribution in [0.15, 0.2) is 12.1 Å². The number of fused-ring (bicyclic) bond motifs is 1. The van der Waals surface area contributed by atoms with Crippen molar-refractivity contribution >= 4 is 32.1 Å². The molecular weight excluding hydrogens is 328 g/mol. The van der Waals surface area contributed by atoms with Gasteiger partial charge in [0.05, 0.1) is 0 Å². The predicted octanol–water partition coefficient (Wildman–Crippen LogP) is 8.23. The van der Waals surface area contributed by atoms with Crippen LogP contribution in [0.5, 0.6) is 0 Å². The van der Waals surface area contributed by atoms with Crippen molar-refractivity contribution in [1.82, 2.24) is 0 Å². The van der Waals surface area contributed by atoms with Gasteiger partial charge < -0.3 is 0 Å². The molecule has 1 aliphatic carbocycles. The van der Waals surface area contributed by atoms with E-state index in [9.17, 15) is 0 Å². The summed E-state index contributed by atoms with van der Waals surface area (Å²) in [7, 11) is 0. The number of aryl methyl sites for hydroxylation is 2. The van der Waals surface area contributed by atoms with Gasteiger partial charge in [-0.2, -0.15) is 0 Å². The molecule has 0 spiro atoms. The van der Waals surface area contributed by atoms with Gasteiger partial charge in [0.1, 0.15) is 0 Å². The number of rotatable bonds is 9. The first kappa shape index (κ1) is 18.5. The quantitative estimate of drug-likeness (QED) is 0.394. The van der Waals surface area contributed by atoms with Crippen molar-refractivity contribution in [2.45, 2.75) is 90.9 Å². The van der Waals surface area contributed by atoms with Crippen LogP contribution < -0.4 is 0 Å². The fraction of sp³-hybridized carbons (Fsp3) is 0.727. The molecule has 134 valence electrons. The van der Waals surface area contributed by atoms with Crippen molar-refractivity contribution in [2.24, 2.45) is 11.8 Å². The van der Waals surface area contributed by atoms with Crippen LogP contribution in [-0.4, -0.2) is 0 Å². The summed E-state index contributed by atoms with van der Waals surface area (Å²) in [5, 5.41) is 0. The minimum Gasteiger partial charge on any atom is -0.139 e. The zero-order valence-electron chi connectivity index (χ0n) is 15.6. The molecule has 0 saturated heterocycles. The van der Waals surface area contributed by atoms with Crippen molar-refractivity contribution in [3.8, 4) is 0 Å². The molecule has 2 aromatic rings. The molecule has 2 aromatic heterocycles. The maximum absolute atomic E-state index is 2.50. The predicted molar refractivity (Wildman–Crippen MR) is 112 cm³/mol. The maximum atomic E-state index is 2.50. The van der Waals surface area contributed by atoms with Gasteiger partial charge in [-0.05, 0) is 49.7 Å². The largest absolute Gasteiger partial charge is 0.139 e. The second kappa shape index (κ2) is 9.38. The second-order valence-corrected chi connectivity index (χ2v) is 10.3. The van der Waals surface area contributed by atoms with E-state index >= 15 is 0 Å². The van der Waals surface area contributed by atoms with E-state index < -0.39 is 0 Å². The van der Waals surface area contributed by atoms with Crippen LogP contribution in [0.25, 0.3) is 9.40 Å². The smallest absolute Gasteiger partial charge is 0.0456 e. The normalized spacial score (nSPS) is 21.6. The Morgan fingerprint density at radius 1 is 0.833 bits per heavy atom. The van der Waals surface area contributed by atoms with E-state index in [2.05, 4.69) is 48.7 Å². The molecule has 0 amide bonds. The summed E-state index contributed by atoms with van der Waals surface area (Å²) in [4.78, 5) is 3.24. The summed E-state index contributed by atoms with van der Waals surface area (Å²) in [6, 6.07) is 4.98. The van der Waals surface area contributed by atoms with Crippen LogP contribution in [0.4, 0.5) is 0 Å². The van der Waals surface area contributed by atoms with Crippen molar-refractivity contribution in [1.29, 1.82) is 0 Å². The van der Waals surface area contributed by atoms with E-state index in [1.54, 1.807) is 19.2 Å². The van der Waals surface area contributed by atoms with Crippen molar-refractivity contribution in [3.05, 3.63) is 21.9 Å². The third kappa shape index (κ3) is 5.33. The average molecular weight is 363 g/mol. The van der Waals surface area contributed by atoms with E-state index in [1.807, 2.05) is 0 Å². The molecule has 2 heteroatoms. The van der Waals surface area contributed by atoms with Crippen LogP contribution in [0.3, 0.4) is 0 Å². The SMILES string of the molecule is CCCCCCCc1cc2sc(CC[C@H]3CC[C@H](C)CC3)cc2s1. The van der Waals surface area contributed by atoms with Gasteiger partial charge in [-0.1, -0.05) is 65.2 Å². The molecule has 0 nitrogen and oxygen atoms in total. The van der Waals surface area contributed by atoms with Crippen LogP contribution in [0.2, 0.25) is 0 Å². The molecule has 2 heterocycles. The zero-order chi connectivity index (χ0) is 16.8. The van der Waals surface area contributed by atoms with Gasteiger partial charge in [-0.15, -0.1) is 22.7 Å². The van der Waals surface area contributed by atoms with Gasteiger partial charge in [0.25, 0.3) is 0 Å². The van der Waals surface area contributed by atoms with Crippen LogP contribution >= 0.6 is 22.7 Å². The van der Waals surface area contributed by atoms with Crippen molar-refractivity contribution in [2.75, 3.05) is 0 Å². The van der Waals surface area contributed by atoms with Crippen molar-refractivity contribution < 1.29 is 0 Å². The number of hydrogen-bond donors (Lipinski definition) is 0. The first-order valence-electron chi connectivity index (χ1n) is 10.3. The van der Waals surface area contributed by atoms with Gasteiger partial charge in [0, 0.05) is 19.2 Å². The minimum absolute atomic E-state index is 0.980. The third-order valence-corrected chi connectivity index (χ3v) is 8.18. The Labute approximate surface area is 156 Å². The Balaban J connectivity index is 1.44. The molecule has 1 saturated carbocycles. The van der Waals surface area contributed by atoms with Gasteiger partial charge in [0.2, 0.25) is 0 Å². The molecule has 0 radical (unpaired) electrons. The Morgan fingerprint density at radius 2 is 1.46 bits per heavy atom. The van der Waals surface area contributed by atoms with E-state index in [-0.39, 0.29) is 0 Å². The van der Waals surface area contributed by atoms with Gasteiger partial charge >= 0.3 is 0 Å². The molecular formula is C22H34S2. The standard InChI is InChI=1S/C22H34S2/c1-3-4-5-6-7-8-19-15-21-22(23-19)16-20(24-21)14-13-18-11-9-17(2)10-12-18/h15-18H,3-14H2,1-2H3/t17-,18-. The lowest BCUT2D eigenvalue weighted by Gasteiger charge is -2.25. The molecule has 0 bridgehead atoms. The lowest BCUT2D eigenvalue weighted by atomic mass is 9.81. The third-order valence-electron chi connectivity index (χ3n) is 5.77. The van der Waals surface area contributed by atoms with Crippen LogP contribution in [-0.2, 0) is 12.8 Å². The minimum atomic E-state index is 0.980. The maximum Gasteiger partial charge on any atom is 0.0456 e. The average Bonchev–Trinajstić information content (AvgIpc) is 3.12. The van der Waals surface area contributed by atoms with E-state index in [0.29, 0.717) is 0 Å². The Kier molecular flexibility index (Phi) is 7.21. The van der Waals surface area contributed by atoms with Gasteiger partial charge in [-0.3, -0.25) is 0 Å². The highest BCUT2D eigenvalue weighted by Gasteiger charge is 2.18. The molecule has 1 aliphatic rings. The topological polar surface area (TPSA) is 0 Å². The fourth-order valence-electron chi connectivity index (χ4n) is 4.05. The van der Waals surface area contributed by atoms with Gasteiger partial charge in [0.15, 0.2) is 0 Å². The summed E-state index contributed by atoms with van der Waals surface area (Å²) in [5.74, 6) is 1.98. The Hall–Kier alpha value is -0.340. The number of unbranched alkanes of at least 4 members (excludes halogenated alkanes) is 4. The summed E-state index contributed by atoms with van der Waals surface area (Å²) in [6.07, 6.45) is 16.9. The first-order chi connectivity index (χ1) is 11.7. The van der Waals surface area contributed by atoms with Crippen LogP contribution in [0, 0.1) is 11.8 Å². The van der Waals surface area contributed by atoms with E-state index in [4.69, 9.17) is 0 Å². The molecule has 3 rings (SSSR count). The lowest BCUT2D eigenvalue weighted by molar-refractivity contribution is 0.278. The highest BCUT2D eigenvalue weighted by Crippen LogP contribution is 2.36. The molecule has 0 unspecified atom stereocenters. The molecule has 0 atom stereocenters.